The van der Waals surface area contributed by atoms with E-state index in [1.54, 1.807) is 24.1 Å². The second-order valence-electron chi connectivity index (χ2n) is 8.49. The molecule has 0 saturated heterocycles. The number of rotatable bonds is 5. The second-order valence-corrected chi connectivity index (χ2v) is 8.49. The van der Waals surface area contributed by atoms with Gasteiger partial charge in [-0.1, -0.05) is 27.2 Å². The number of nitrogens with one attached hydrogen (secondary N) is 1. The first-order chi connectivity index (χ1) is 16.4. The van der Waals surface area contributed by atoms with Gasteiger partial charge in [-0.15, -0.1) is 0 Å². The van der Waals surface area contributed by atoms with Gasteiger partial charge in [0.1, 0.15) is 6.17 Å². The van der Waals surface area contributed by atoms with Crippen molar-refractivity contribution in [3.05, 3.63) is 68.3 Å². The summed E-state index contributed by atoms with van der Waals surface area (Å²) in [6.45, 7) is 11.6. The minimum Gasteiger partial charge on any atom is -0.402 e. The highest BCUT2D eigenvalue weighted by atomic mass is 16.1. The number of aliphatic imine (C=N–C) groups is 1. The summed E-state index contributed by atoms with van der Waals surface area (Å²) in [5.41, 5.74) is 16.2. The summed E-state index contributed by atoms with van der Waals surface area (Å²) in [5.74, 6) is 0.650. The summed E-state index contributed by atoms with van der Waals surface area (Å²) >= 11 is 0. The number of nitrogens with two attached hydrogens (primary N) is 1. The lowest BCUT2D eigenvalue weighted by atomic mass is 9.98. The maximum absolute atomic E-state index is 13.0. The molecule has 34 heavy (non-hydrogen) atoms. The predicted molar refractivity (Wildman–Crippen MR) is 140 cm³/mol. The van der Waals surface area contributed by atoms with E-state index in [1.807, 2.05) is 33.0 Å². The van der Waals surface area contributed by atoms with E-state index in [0.29, 0.717) is 11.5 Å². The van der Waals surface area contributed by atoms with Crippen LogP contribution in [0.1, 0.15) is 69.2 Å². The van der Waals surface area contributed by atoms with Gasteiger partial charge >= 0.3 is 0 Å². The van der Waals surface area contributed by atoms with Crippen LogP contribution in [0.2, 0.25) is 0 Å². The highest BCUT2D eigenvalue weighted by Crippen LogP contribution is 2.26. The Balaban J connectivity index is 0.00000158. The second kappa shape index (κ2) is 11.2. The van der Waals surface area contributed by atoms with Gasteiger partial charge in [0.25, 0.3) is 5.56 Å². The van der Waals surface area contributed by atoms with Gasteiger partial charge in [0.05, 0.1) is 0 Å². The van der Waals surface area contributed by atoms with Crippen LogP contribution in [0.5, 0.6) is 0 Å². The Bertz CT molecular complexity index is 1170. The first kappa shape index (κ1) is 25.4. The molecule has 0 amide bonds. The molecule has 4 heterocycles. The summed E-state index contributed by atoms with van der Waals surface area (Å²) in [7, 11) is 1.74. The summed E-state index contributed by atoms with van der Waals surface area (Å²) < 4.78 is 1.60. The van der Waals surface area contributed by atoms with Crippen molar-refractivity contribution in [3.8, 4) is 0 Å². The molecule has 1 unspecified atom stereocenters. The molecule has 2 aromatic rings. The topological polar surface area (TPSA) is 101 Å². The van der Waals surface area contributed by atoms with E-state index in [9.17, 15) is 4.79 Å². The first-order valence-electron chi connectivity index (χ1n) is 12.1. The molecule has 0 aromatic carbocycles. The molecule has 0 bridgehead atoms. The van der Waals surface area contributed by atoms with E-state index in [1.165, 1.54) is 5.56 Å². The van der Waals surface area contributed by atoms with Crippen molar-refractivity contribution in [1.29, 1.82) is 0 Å². The maximum atomic E-state index is 13.0. The highest BCUT2D eigenvalue weighted by molar-refractivity contribution is 6.10. The lowest BCUT2D eigenvalue weighted by Crippen LogP contribution is -2.52. The summed E-state index contributed by atoms with van der Waals surface area (Å²) in [4.78, 5) is 28.6. The molecular weight excluding hydrogens is 426 g/mol. The summed E-state index contributed by atoms with van der Waals surface area (Å²) in [5, 5.41) is 0. The molecule has 1 atom stereocenters. The van der Waals surface area contributed by atoms with E-state index in [0.717, 1.165) is 60.3 Å². The number of aryl methyl sites for hydroxylation is 1. The molecular formula is C26H37N7O. The lowest BCUT2D eigenvalue weighted by Gasteiger charge is -2.39. The fourth-order valence-corrected chi connectivity index (χ4v) is 4.40. The Labute approximate surface area is 202 Å². The molecule has 0 radical (unpaired) electrons. The largest absolute Gasteiger partial charge is 0.402 e. The molecule has 8 nitrogen and oxygen atoms in total. The molecule has 0 saturated carbocycles. The van der Waals surface area contributed by atoms with Gasteiger partial charge in [0.2, 0.25) is 0 Å². The van der Waals surface area contributed by atoms with Gasteiger partial charge in [-0.05, 0) is 43.5 Å². The minimum absolute atomic E-state index is 0.0148. The van der Waals surface area contributed by atoms with Crippen LogP contribution in [0.15, 0.2) is 39.5 Å². The maximum Gasteiger partial charge on any atom is 0.275 e. The third-order valence-corrected chi connectivity index (χ3v) is 6.05. The van der Waals surface area contributed by atoms with E-state index >= 15 is 0 Å². The van der Waals surface area contributed by atoms with E-state index in [-0.39, 0.29) is 11.7 Å². The molecule has 3 N–H and O–H groups in total. The van der Waals surface area contributed by atoms with Crippen LogP contribution in [0.25, 0.3) is 11.6 Å². The standard InChI is InChI=1S/C24H31N7O.C2H6/c1-5-6-17-11-28-22-9-15(2)23(29-31(22)24(17)32)30-8-7-21-19(14-30)10-18(12-27-21)20(13-26-4)16(3)25;1-2/h9-13,23,29H,5-8,14,25H2,1-4H3;1-2H3/b20-16+,26-13?;. The monoisotopic (exact) mass is 463 g/mol. The number of allylic oxidation sites excluding steroid dienone is 2. The van der Waals surface area contributed by atoms with Crippen LogP contribution < -0.4 is 16.7 Å². The summed E-state index contributed by atoms with van der Waals surface area (Å²) in [6.07, 6.45) is 9.76. The molecule has 182 valence electrons. The molecule has 0 aliphatic carbocycles. The van der Waals surface area contributed by atoms with Crippen molar-refractivity contribution in [1.82, 2.24) is 19.5 Å². The highest BCUT2D eigenvalue weighted by Gasteiger charge is 2.29. The average molecular weight is 464 g/mol. The number of pyridine rings is 1. The van der Waals surface area contributed by atoms with Crippen LogP contribution in [0.3, 0.4) is 0 Å². The fraction of sp³-hybridized carbons (Fsp3) is 0.462. The van der Waals surface area contributed by atoms with Crippen LogP contribution in [-0.2, 0) is 19.4 Å². The van der Waals surface area contributed by atoms with Gasteiger partial charge in [0.15, 0.2) is 5.82 Å². The molecule has 2 aliphatic rings. The van der Waals surface area contributed by atoms with Crippen LogP contribution in [0.4, 0.5) is 0 Å². The quantitative estimate of drug-likeness (QED) is 0.660. The average Bonchev–Trinajstić information content (AvgIpc) is 2.84. The van der Waals surface area contributed by atoms with Crippen molar-refractivity contribution < 1.29 is 0 Å². The van der Waals surface area contributed by atoms with Crippen molar-refractivity contribution in [3.63, 3.8) is 0 Å². The molecule has 8 heteroatoms. The lowest BCUT2D eigenvalue weighted by molar-refractivity contribution is 0.205. The zero-order valence-electron chi connectivity index (χ0n) is 21.2. The summed E-state index contributed by atoms with van der Waals surface area (Å²) in [6, 6.07) is 2.16. The smallest absolute Gasteiger partial charge is 0.275 e. The number of aromatic nitrogens is 3. The van der Waals surface area contributed by atoms with Gasteiger partial charge in [0, 0.05) is 73.3 Å². The van der Waals surface area contributed by atoms with Crippen molar-refractivity contribution in [2.75, 3.05) is 19.0 Å². The Morgan fingerprint density at radius 3 is 2.76 bits per heavy atom. The van der Waals surface area contributed by atoms with E-state index in [4.69, 9.17) is 10.7 Å². The van der Waals surface area contributed by atoms with Gasteiger partial charge in [-0.3, -0.25) is 25.1 Å². The van der Waals surface area contributed by atoms with Crippen LogP contribution >= 0.6 is 0 Å². The molecule has 2 aliphatic heterocycles. The minimum atomic E-state index is -0.0841. The van der Waals surface area contributed by atoms with Gasteiger partial charge in [-0.25, -0.2) is 9.66 Å². The molecule has 0 spiro atoms. The number of hydrogen-bond acceptors (Lipinski definition) is 7. The fourth-order valence-electron chi connectivity index (χ4n) is 4.40. The molecule has 0 fully saturated rings. The predicted octanol–water partition coefficient (Wildman–Crippen LogP) is 3.35. The molecule has 4 rings (SSSR count). The van der Waals surface area contributed by atoms with Gasteiger partial charge < -0.3 is 5.73 Å². The van der Waals surface area contributed by atoms with Crippen LogP contribution in [0, 0.1) is 0 Å². The van der Waals surface area contributed by atoms with Crippen LogP contribution in [-0.4, -0.2) is 45.5 Å². The Morgan fingerprint density at radius 2 is 2.09 bits per heavy atom. The number of hydrogen-bond donors (Lipinski definition) is 2. The zero-order valence-corrected chi connectivity index (χ0v) is 21.2. The Hall–Kier alpha value is -3.26. The SMILES string of the molecule is CC.CCCc1cnc2n(c1=O)NC(N1CCc3ncc(/C(C=NC)=C(\C)N)cc3C1)C(C)=C2. The third-order valence-electron chi connectivity index (χ3n) is 6.05. The van der Waals surface area contributed by atoms with Crippen molar-refractivity contribution >= 4 is 17.9 Å². The number of nitrogens with zero attached hydrogens (tertiary/aromatic N) is 5. The van der Waals surface area contributed by atoms with Crippen molar-refractivity contribution in [2.24, 2.45) is 10.7 Å². The number of fused-ring (bicyclic) bond motifs is 2. The third kappa shape index (κ3) is 5.12. The molecule has 2 aromatic heterocycles. The van der Waals surface area contributed by atoms with Crippen molar-refractivity contribution in [2.45, 2.75) is 66.6 Å². The Morgan fingerprint density at radius 1 is 1.32 bits per heavy atom. The first-order valence-corrected chi connectivity index (χ1v) is 12.1. The normalized spacial score (nSPS) is 18.2. The van der Waals surface area contributed by atoms with E-state index < -0.39 is 0 Å². The zero-order chi connectivity index (χ0) is 24.8. The van der Waals surface area contributed by atoms with E-state index in [2.05, 4.69) is 40.2 Å². The van der Waals surface area contributed by atoms with Gasteiger partial charge in [-0.2, -0.15) is 0 Å². The Kier molecular flexibility index (Phi) is 8.39.